The Bertz CT molecular complexity index is 724. The van der Waals surface area contributed by atoms with Gasteiger partial charge in [-0.1, -0.05) is 46.4 Å². The fourth-order valence-corrected chi connectivity index (χ4v) is 2.76. The number of rotatable bonds is 4. The van der Waals surface area contributed by atoms with Gasteiger partial charge in [0.15, 0.2) is 6.61 Å². The zero-order valence-corrected chi connectivity index (χ0v) is 14.4. The molecule has 0 fully saturated rings. The molecule has 0 aliphatic carbocycles. The maximum atomic E-state index is 11.9. The van der Waals surface area contributed by atoms with Crippen LogP contribution in [0.25, 0.3) is 0 Å². The number of hydrogen-bond donors (Lipinski definition) is 1. The standard InChI is InChI=1S/C15H9Cl4NO3/c16-9-1-8(2-10(17)3-9)15(22)23-7-14(21)20-13-5-11(18)4-12(19)6-13/h1-6H,7H2,(H,20,21). The summed E-state index contributed by atoms with van der Waals surface area (Å²) < 4.78 is 4.90. The summed E-state index contributed by atoms with van der Waals surface area (Å²) in [5.41, 5.74) is 0.551. The van der Waals surface area contributed by atoms with Gasteiger partial charge < -0.3 is 10.1 Å². The van der Waals surface area contributed by atoms with Gasteiger partial charge in [-0.05, 0) is 36.4 Å². The monoisotopic (exact) mass is 391 g/mol. The van der Waals surface area contributed by atoms with E-state index in [9.17, 15) is 9.59 Å². The van der Waals surface area contributed by atoms with E-state index in [1.807, 2.05) is 0 Å². The number of ether oxygens (including phenoxy) is 1. The molecule has 0 spiro atoms. The summed E-state index contributed by atoms with van der Waals surface area (Å²) in [6.45, 7) is -0.479. The second-order valence-corrected chi connectivity index (χ2v) is 6.19. The van der Waals surface area contributed by atoms with Crippen molar-refractivity contribution in [2.24, 2.45) is 0 Å². The van der Waals surface area contributed by atoms with Crippen molar-refractivity contribution < 1.29 is 14.3 Å². The molecule has 0 aliphatic rings. The smallest absolute Gasteiger partial charge is 0.338 e. The van der Waals surface area contributed by atoms with Crippen molar-refractivity contribution in [3.63, 3.8) is 0 Å². The van der Waals surface area contributed by atoms with Crippen LogP contribution < -0.4 is 5.32 Å². The maximum absolute atomic E-state index is 11.9. The van der Waals surface area contributed by atoms with Crippen LogP contribution in [0.1, 0.15) is 10.4 Å². The van der Waals surface area contributed by atoms with Gasteiger partial charge in [-0.15, -0.1) is 0 Å². The second-order valence-electron chi connectivity index (χ2n) is 4.44. The summed E-state index contributed by atoms with van der Waals surface area (Å²) in [5.74, 6) is -1.25. The topological polar surface area (TPSA) is 55.4 Å². The first-order valence-electron chi connectivity index (χ1n) is 6.22. The third-order valence-electron chi connectivity index (χ3n) is 2.58. The molecule has 0 aromatic heterocycles. The van der Waals surface area contributed by atoms with Crippen LogP contribution in [0, 0.1) is 0 Å². The van der Waals surface area contributed by atoms with Crippen molar-refractivity contribution in [3.05, 3.63) is 62.1 Å². The van der Waals surface area contributed by atoms with Crippen molar-refractivity contribution in [2.45, 2.75) is 0 Å². The highest BCUT2D eigenvalue weighted by Gasteiger charge is 2.12. The number of amides is 1. The van der Waals surface area contributed by atoms with Gasteiger partial charge in [0.25, 0.3) is 5.91 Å². The van der Waals surface area contributed by atoms with Crippen LogP contribution in [-0.2, 0) is 9.53 Å². The van der Waals surface area contributed by atoms with E-state index in [-0.39, 0.29) is 5.56 Å². The molecule has 0 unspecified atom stereocenters. The molecule has 23 heavy (non-hydrogen) atoms. The number of carbonyl (C=O) groups excluding carboxylic acids is 2. The number of benzene rings is 2. The average molecular weight is 393 g/mol. The number of anilines is 1. The van der Waals surface area contributed by atoms with E-state index in [0.29, 0.717) is 25.8 Å². The summed E-state index contributed by atoms with van der Waals surface area (Å²) in [5, 5.41) is 3.85. The average Bonchev–Trinajstić information content (AvgIpc) is 2.42. The van der Waals surface area contributed by atoms with Crippen LogP contribution in [0.4, 0.5) is 5.69 Å². The third-order valence-corrected chi connectivity index (χ3v) is 3.45. The van der Waals surface area contributed by atoms with Crippen LogP contribution in [-0.4, -0.2) is 18.5 Å². The van der Waals surface area contributed by atoms with Crippen LogP contribution in [0.15, 0.2) is 36.4 Å². The van der Waals surface area contributed by atoms with E-state index in [4.69, 9.17) is 51.1 Å². The van der Waals surface area contributed by atoms with Gasteiger partial charge in [0.1, 0.15) is 0 Å². The summed E-state index contributed by atoms with van der Waals surface area (Å²) in [6, 6.07) is 8.83. The van der Waals surface area contributed by atoms with E-state index < -0.39 is 18.5 Å². The first kappa shape index (κ1) is 17.9. The molecular formula is C15H9Cl4NO3. The van der Waals surface area contributed by atoms with Crippen molar-refractivity contribution in [1.82, 2.24) is 0 Å². The minimum Gasteiger partial charge on any atom is -0.452 e. The molecule has 2 rings (SSSR count). The van der Waals surface area contributed by atoms with Gasteiger partial charge >= 0.3 is 5.97 Å². The molecule has 0 aliphatic heterocycles. The van der Waals surface area contributed by atoms with Crippen LogP contribution >= 0.6 is 46.4 Å². The maximum Gasteiger partial charge on any atom is 0.338 e. The zero-order valence-electron chi connectivity index (χ0n) is 11.4. The SMILES string of the molecule is O=C(COC(=O)c1cc(Cl)cc(Cl)c1)Nc1cc(Cl)cc(Cl)c1. The Labute approximate surface area is 152 Å². The molecule has 2 aromatic rings. The molecule has 4 nitrogen and oxygen atoms in total. The molecule has 1 amide bonds. The summed E-state index contributed by atoms with van der Waals surface area (Å²) in [6.07, 6.45) is 0. The number of nitrogens with one attached hydrogen (secondary N) is 1. The predicted octanol–water partition coefficient (Wildman–Crippen LogP) is 5.10. The molecule has 8 heteroatoms. The highest BCUT2D eigenvalue weighted by atomic mass is 35.5. The summed E-state index contributed by atoms with van der Waals surface area (Å²) in [4.78, 5) is 23.6. The number of esters is 1. The zero-order chi connectivity index (χ0) is 17.0. The lowest BCUT2D eigenvalue weighted by molar-refractivity contribution is -0.119. The highest BCUT2D eigenvalue weighted by molar-refractivity contribution is 6.35. The number of hydrogen-bond acceptors (Lipinski definition) is 3. The number of halogens is 4. The molecule has 2 aromatic carbocycles. The first-order chi connectivity index (χ1) is 10.8. The lowest BCUT2D eigenvalue weighted by atomic mass is 10.2. The van der Waals surface area contributed by atoms with E-state index in [1.54, 1.807) is 0 Å². The van der Waals surface area contributed by atoms with Gasteiger partial charge in [-0.2, -0.15) is 0 Å². The van der Waals surface area contributed by atoms with E-state index in [1.165, 1.54) is 36.4 Å². The number of carbonyl (C=O) groups is 2. The molecule has 0 heterocycles. The van der Waals surface area contributed by atoms with Gasteiger partial charge in [0, 0.05) is 25.8 Å². The van der Waals surface area contributed by atoms with Gasteiger partial charge in [0.2, 0.25) is 0 Å². The van der Waals surface area contributed by atoms with Crippen molar-refractivity contribution in [3.8, 4) is 0 Å². The fourth-order valence-electron chi connectivity index (χ4n) is 1.71. The molecule has 0 radical (unpaired) electrons. The van der Waals surface area contributed by atoms with E-state index in [2.05, 4.69) is 5.32 Å². The molecule has 0 atom stereocenters. The van der Waals surface area contributed by atoms with Gasteiger partial charge in [-0.25, -0.2) is 4.79 Å². The second kappa shape index (κ2) is 7.88. The van der Waals surface area contributed by atoms with Crippen LogP contribution in [0.5, 0.6) is 0 Å². The Morgan fingerprint density at radius 2 is 1.30 bits per heavy atom. The molecule has 0 bridgehead atoms. The Hall–Kier alpha value is -1.46. The molecule has 0 saturated heterocycles. The van der Waals surface area contributed by atoms with Crippen LogP contribution in [0.2, 0.25) is 20.1 Å². The Morgan fingerprint density at radius 3 is 1.83 bits per heavy atom. The normalized spacial score (nSPS) is 10.3. The Morgan fingerprint density at radius 1 is 0.826 bits per heavy atom. The summed E-state index contributed by atoms with van der Waals surface area (Å²) in [7, 11) is 0. The van der Waals surface area contributed by atoms with E-state index in [0.717, 1.165) is 0 Å². The van der Waals surface area contributed by atoms with Crippen molar-refractivity contribution >= 4 is 64.0 Å². The molecular weight excluding hydrogens is 384 g/mol. The lowest BCUT2D eigenvalue weighted by Gasteiger charge is -2.08. The van der Waals surface area contributed by atoms with E-state index >= 15 is 0 Å². The van der Waals surface area contributed by atoms with Gasteiger partial charge in [-0.3, -0.25) is 4.79 Å². The van der Waals surface area contributed by atoms with Crippen molar-refractivity contribution in [1.29, 1.82) is 0 Å². The summed E-state index contributed by atoms with van der Waals surface area (Å²) >= 11 is 23.2. The molecule has 0 saturated carbocycles. The van der Waals surface area contributed by atoms with Crippen molar-refractivity contribution in [2.75, 3.05) is 11.9 Å². The third kappa shape index (κ3) is 5.59. The highest BCUT2D eigenvalue weighted by Crippen LogP contribution is 2.22. The Balaban J connectivity index is 1.94. The lowest BCUT2D eigenvalue weighted by Crippen LogP contribution is -2.21. The predicted molar refractivity (Wildman–Crippen MR) is 91.8 cm³/mol. The minimum absolute atomic E-state index is 0.154. The minimum atomic E-state index is -0.714. The molecule has 1 N–H and O–H groups in total. The fraction of sp³-hybridized carbons (Fsp3) is 0.0667. The first-order valence-corrected chi connectivity index (χ1v) is 7.74. The Kier molecular flexibility index (Phi) is 6.13. The van der Waals surface area contributed by atoms with Crippen LogP contribution in [0.3, 0.4) is 0 Å². The van der Waals surface area contributed by atoms with Gasteiger partial charge in [0.05, 0.1) is 5.56 Å². The quantitative estimate of drug-likeness (QED) is 0.736. The largest absolute Gasteiger partial charge is 0.452 e. The molecule has 120 valence electrons.